The molecule has 22 heavy (non-hydrogen) atoms. The average Bonchev–Trinajstić information content (AvgIpc) is 2.97. The Kier molecular flexibility index (Phi) is 5.90. The van der Waals surface area contributed by atoms with Gasteiger partial charge in [0.15, 0.2) is 5.11 Å². The van der Waals surface area contributed by atoms with Gasteiger partial charge in [0.25, 0.3) is 0 Å². The van der Waals surface area contributed by atoms with Crippen molar-refractivity contribution in [2.75, 3.05) is 0 Å². The summed E-state index contributed by atoms with van der Waals surface area (Å²) >= 11 is 6.41. The predicted octanol–water partition coefficient (Wildman–Crippen LogP) is 1.88. The van der Waals surface area contributed by atoms with Crippen LogP contribution < -0.4 is 15.8 Å². The van der Waals surface area contributed by atoms with E-state index in [0.29, 0.717) is 22.8 Å². The second kappa shape index (κ2) is 7.69. The first kappa shape index (κ1) is 16.9. The van der Waals surface area contributed by atoms with Gasteiger partial charge in [0.1, 0.15) is 0 Å². The van der Waals surface area contributed by atoms with Crippen molar-refractivity contribution in [3.8, 4) is 0 Å². The van der Waals surface area contributed by atoms with Crippen LogP contribution in [0, 0.1) is 5.92 Å². The van der Waals surface area contributed by atoms with Crippen LogP contribution in [0.4, 0.5) is 0 Å². The van der Waals surface area contributed by atoms with E-state index in [1.165, 1.54) is 25.3 Å². The lowest BCUT2D eigenvalue weighted by Crippen LogP contribution is -2.44. The highest BCUT2D eigenvalue weighted by atomic mass is 32.1. The molecular formula is C15H20N3O2S2-. The van der Waals surface area contributed by atoms with E-state index in [-0.39, 0.29) is 4.88 Å². The van der Waals surface area contributed by atoms with Crippen LogP contribution >= 0.6 is 23.6 Å². The van der Waals surface area contributed by atoms with Crippen molar-refractivity contribution in [2.45, 2.75) is 45.6 Å². The normalized spacial score (nSPS) is 22.2. The second-order valence-electron chi connectivity index (χ2n) is 5.60. The number of hydrogen-bond donors (Lipinski definition) is 2. The minimum Gasteiger partial charge on any atom is -0.544 e. The topological polar surface area (TPSA) is 76.5 Å². The summed E-state index contributed by atoms with van der Waals surface area (Å²) in [4.78, 5) is 11.7. The van der Waals surface area contributed by atoms with Gasteiger partial charge in [-0.15, -0.1) is 11.3 Å². The summed E-state index contributed by atoms with van der Waals surface area (Å²) in [6.45, 7) is 4.05. The van der Waals surface area contributed by atoms with Crippen LogP contribution in [0.1, 0.15) is 54.1 Å². The van der Waals surface area contributed by atoms with E-state index in [9.17, 15) is 9.90 Å². The number of nitrogens with one attached hydrogen (secondary N) is 2. The Labute approximate surface area is 139 Å². The van der Waals surface area contributed by atoms with E-state index in [4.69, 9.17) is 12.2 Å². The molecule has 120 valence electrons. The van der Waals surface area contributed by atoms with Gasteiger partial charge in [-0.1, -0.05) is 19.8 Å². The van der Waals surface area contributed by atoms with E-state index in [0.717, 1.165) is 22.6 Å². The SMILES string of the molecule is C/C(=N/NC(=S)N[C@@H]1CCCC[C@H]1C)c1ccc(C(=O)[O-])s1. The maximum absolute atomic E-state index is 10.8. The fraction of sp³-hybridized carbons (Fsp3) is 0.533. The van der Waals surface area contributed by atoms with Gasteiger partial charge in [-0.25, -0.2) is 0 Å². The van der Waals surface area contributed by atoms with Crippen molar-refractivity contribution in [1.29, 1.82) is 0 Å². The maximum Gasteiger partial charge on any atom is 0.187 e. The van der Waals surface area contributed by atoms with Gasteiger partial charge in [-0.3, -0.25) is 5.43 Å². The van der Waals surface area contributed by atoms with Crippen LogP contribution in [0.3, 0.4) is 0 Å². The number of thiophene rings is 1. The third-order valence-electron chi connectivity index (χ3n) is 3.92. The smallest absolute Gasteiger partial charge is 0.187 e. The van der Waals surface area contributed by atoms with Gasteiger partial charge in [0.05, 0.1) is 21.4 Å². The fourth-order valence-electron chi connectivity index (χ4n) is 2.56. The lowest BCUT2D eigenvalue weighted by atomic mass is 9.86. The minimum atomic E-state index is -1.17. The number of carboxylic acid groups (broad SMARTS) is 1. The number of nitrogens with zero attached hydrogens (tertiary/aromatic N) is 1. The summed E-state index contributed by atoms with van der Waals surface area (Å²) in [6.07, 6.45) is 4.87. The van der Waals surface area contributed by atoms with Crippen molar-refractivity contribution in [3.63, 3.8) is 0 Å². The number of carboxylic acids is 1. The molecule has 0 saturated heterocycles. The molecule has 2 atom stereocenters. The van der Waals surface area contributed by atoms with Crippen LogP contribution in [0.15, 0.2) is 17.2 Å². The zero-order valence-corrected chi connectivity index (χ0v) is 14.4. The largest absolute Gasteiger partial charge is 0.544 e. The summed E-state index contributed by atoms with van der Waals surface area (Å²) in [5.74, 6) is -0.554. The molecule has 0 unspecified atom stereocenters. The van der Waals surface area contributed by atoms with Crippen molar-refractivity contribution < 1.29 is 9.90 Å². The quantitative estimate of drug-likeness (QED) is 0.498. The molecule has 5 nitrogen and oxygen atoms in total. The molecule has 1 fully saturated rings. The monoisotopic (exact) mass is 338 g/mol. The van der Waals surface area contributed by atoms with Gasteiger partial charge in [-0.2, -0.15) is 5.10 Å². The van der Waals surface area contributed by atoms with Crippen LogP contribution in [-0.4, -0.2) is 22.8 Å². The highest BCUT2D eigenvalue weighted by Crippen LogP contribution is 2.23. The molecule has 1 aliphatic rings. The number of hydrazone groups is 1. The first-order valence-corrected chi connectivity index (χ1v) is 8.62. The third-order valence-corrected chi connectivity index (χ3v) is 5.30. The van der Waals surface area contributed by atoms with Gasteiger partial charge < -0.3 is 15.2 Å². The molecule has 7 heteroatoms. The lowest BCUT2D eigenvalue weighted by molar-refractivity contribution is -0.254. The molecule has 2 N–H and O–H groups in total. The Morgan fingerprint density at radius 1 is 1.36 bits per heavy atom. The van der Waals surface area contributed by atoms with Crippen molar-refractivity contribution >= 4 is 40.3 Å². The van der Waals surface area contributed by atoms with E-state index < -0.39 is 5.97 Å². The Morgan fingerprint density at radius 3 is 2.68 bits per heavy atom. The molecule has 2 rings (SSSR count). The minimum absolute atomic E-state index is 0.196. The molecule has 1 aromatic rings. The highest BCUT2D eigenvalue weighted by molar-refractivity contribution is 7.80. The molecule has 1 saturated carbocycles. The van der Waals surface area contributed by atoms with Gasteiger partial charge in [0.2, 0.25) is 0 Å². The predicted molar refractivity (Wildman–Crippen MR) is 91.1 cm³/mol. The summed E-state index contributed by atoms with van der Waals surface area (Å²) < 4.78 is 0. The molecule has 0 radical (unpaired) electrons. The van der Waals surface area contributed by atoms with E-state index in [1.807, 2.05) is 6.92 Å². The number of rotatable bonds is 4. The second-order valence-corrected chi connectivity index (χ2v) is 7.09. The molecule has 1 aromatic heterocycles. The summed E-state index contributed by atoms with van der Waals surface area (Å²) in [6, 6.07) is 3.64. The van der Waals surface area contributed by atoms with Gasteiger partial charge in [-0.05, 0) is 50.0 Å². The van der Waals surface area contributed by atoms with Crippen LogP contribution in [0.5, 0.6) is 0 Å². The maximum atomic E-state index is 10.8. The van der Waals surface area contributed by atoms with Crippen molar-refractivity contribution in [1.82, 2.24) is 10.7 Å². The number of carbonyl (C=O) groups is 1. The molecule has 1 heterocycles. The lowest BCUT2D eigenvalue weighted by Gasteiger charge is -2.30. The Balaban J connectivity index is 1.89. The Bertz CT molecular complexity index is 583. The van der Waals surface area contributed by atoms with Crippen molar-refractivity contribution in [3.05, 3.63) is 21.9 Å². The number of thiocarbonyl (C=S) groups is 1. The standard InChI is InChI=1S/C15H21N3O2S2/c1-9-5-3-4-6-11(9)16-15(21)18-17-10(2)12-7-8-13(22-12)14(19)20/h7-9,11H,3-6H2,1-2H3,(H,19,20)(H2,16,18,21)/p-1/b17-10-/t9-,11-/m1/s1. The number of hydrogen-bond acceptors (Lipinski definition) is 5. The van der Waals surface area contributed by atoms with Crippen LogP contribution in [0.25, 0.3) is 0 Å². The molecule has 0 spiro atoms. The number of aromatic carboxylic acids is 1. The van der Waals surface area contributed by atoms with Gasteiger partial charge >= 0.3 is 0 Å². The fourth-order valence-corrected chi connectivity index (χ4v) is 3.55. The van der Waals surface area contributed by atoms with E-state index >= 15 is 0 Å². The third kappa shape index (κ3) is 4.51. The molecule has 1 aliphatic carbocycles. The van der Waals surface area contributed by atoms with E-state index in [2.05, 4.69) is 22.8 Å². The molecular weight excluding hydrogens is 318 g/mol. The Hall–Kier alpha value is -1.47. The number of carbonyl (C=O) groups excluding carboxylic acids is 1. The molecule has 0 aliphatic heterocycles. The Morgan fingerprint density at radius 2 is 2.05 bits per heavy atom. The van der Waals surface area contributed by atoms with E-state index in [1.54, 1.807) is 6.07 Å². The summed E-state index contributed by atoms with van der Waals surface area (Å²) in [7, 11) is 0. The average molecular weight is 338 g/mol. The van der Waals surface area contributed by atoms with Crippen LogP contribution in [0.2, 0.25) is 0 Å². The van der Waals surface area contributed by atoms with Crippen LogP contribution in [-0.2, 0) is 0 Å². The zero-order valence-electron chi connectivity index (χ0n) is 12.7. The first-order chi connectivity index (χ1) is 10.5. The zero-order chi connectivity index (χ0) is 16.1. The molecule has 0 amide bonds. The summed E-state index contributed by atoms with van der Waals surface area (Å²) in [5, 5.41) is 18.8. The highest BCUT2D eigenvalue weighted by Gasteiger charge is 2.21. The summed E-state index contributed by atoms with van der Waals surface area (Å²) in [5.41, 5.74) is 3.53. The van der Waals surface area contributed by atoms with Crippen molar-refractivity contribution in [2.24, 2.45) is 11.0 Å². The first-order valence-electron chi connectivity index (χ1n) is 7.39. The molecule has 0 bridgehead atoms. The molecule has 0 aromatic carbocycles. The van der Waals surface area contributed by atoms with Gasteiger partial charge in [0, 0.05) is 6.04 Å².